The number of hydrogen-bond donors (Lipinski definition) is 0. The maximum absolute atomic E-state index is 11.3. The van der Waals surface area contributed by atoms with Crippen LogP contribution >= 0.6 is 0 Å². The molecule has 0 bridgehead atoms. The van der Waals surface area contributed by atoms with Gasteiger partial charge in [-0.25, -0.2) is 0 Å². The third-order valence-corrected chi connectivity index (χ3v) is 2.22. The van der Waals surface area contributed by atoms with Crippen molar-refractivity contribution in [1.82, 2.24) is 0 Å². The van der Waals surface area contributed by atoms with Crippen LogP contribution < -0.4 is 0 Å². The van der Waals surface area contributed by atoms with Gasteiger partial charge in [0.15, 0.2) is 5.78 Å². The molecule has 0 saturated heterocycles. The molecule has 1 atom stereocenters. The number of hydrogen-bond acceptors (Lipinski definition) is 1. The predicted octanol–water partition coefficient (Wildman–Crippen LogP) is 2.88. The van der Waals surface area contributed by atoms with Crippen molar-refractivity contribution in [3.8, 4) is 0 Å². The normalized spacial score (nSPS) is 23.2. The first-order chi connectivity index (χ1) is 5.74. The molecule has 1 rings (SSSR count). The Balaban J connectivity index is 2.66. The van der Waals surface area contributed by atoms with Crippen molar-refractivity contribution in [1.29, 1.82) is 0 Å². The van der Waals surface area contributed by atoms with Crippen molar-refractivity contribution in [3.63, 3.8) is 0 Å². The van der Waals surface area contributed by atoms with E-state index in [0.717, 1.165) is 18.4 Å². The summed E-state index contributed by atoms with van der Waals surface area (Å²) in [4.78, 5) is 11.3. The Labute approximate surface area is 74.2 Å². The molecule has 0 heterocycles. The Morgan fingerprint density at radius 3 is 3.08 bits per heavy atom. The molecule has 0 aromatic heterocycles. The van der Waals surface area contributed by atoms with Gasteiger partial charge in [0.2, 0.25) is 0 Å². The molecule has 12 heavy (non-hydrogen) atoms. The van der Waals surface area contributed by atoms with E-state index in [2.05, 4.69) is 25.2 Å². The molecule has 0 aromatic carbocycles. The largest absolute Gasteiger partial charge is 0.295 e. The van der Waals surface area contributed by atoms with Crippen LogP contribution in [-0.2, 0) is 4.79 Å². The summed E-state index contributed by atoms with van der Waals surface area (Å²) in [5.41, 5.74) is 0.998. The topological polar surface area (TPSA) is 17.1 Å². The second kappa shape index (κ2) is 4.24. The van der Waals surface area contributed by atoms with Gasteiger partial charge in [0.25, 0.3) is 0 Å². The van der Waals surface area contributed by atoms with Crippen LogP contribution in [0.3, 0.4) is 0 Å². The first kappa shape index (κ1) is 9.24. The highest BCUT2D eigenvalue weighted by molar-refractivity contribution is 5.95. The third-order valence-electron chi connectivity index (χ3n) is 2.22. The van der Waals surface area contributed by atoms with Crippen LogP contribution in [0.1, 0.15) is 33.1 Å². The van der Waals surface area contributed by atoms with Crippen LogP contribution in [-0.4, -0.2) is 5.78 Å². The van der Waals surface area contributed by atoms with E-state index in [-0.39, 0.29) is 0 Å². The van der Waals surface area contributed by atoms with Crippen LogP contribution in [0, 0.1) is 5.92 Å². The minimum atomic E-state index is 0.300. The van der Waals surface area contributed by atoms with E-state index in [1.165, 1.54) is 0 Å². The monoisotopic (exact) mass is 164 g/mol. The van der Waals surface area contributed by atoms with Gasteiger partial charge >= 0.3 is 0 Å². The summed E-state index contributed by atoms with van der Waals surface area (Å²) >= 11 is 0. The van der Waals surface area contributed by atoms with E-state index in [9.17, 15) is 4.79 Å². The second-order valence-corrected chi connectivity index (χ2v) is 3.35. The summed E-state index contributed by atoms with van der Waals surface area (Å²) in [6, 6.07) is 0. The standard InChI is InChI=1S/C11H16O/c1-3-11(12)10-6-4-5-9(2)7-8-10/h4-5,8-9H,3,6-7H2,1-2H3. The lowest BCUT2D eigenvalue weighted by atomic mass is 10.0. The zero-order chi connectivity index (χ0) is 8.97. The number of Topliss-reactive ketones (excluding diaryl/α,β-unsaturated/α-hetero) is 1. The summed E-state index contributed by atoms with van der Waals surface area (Å²) in [7, 11) is 0. The highest BCUT2D eigenvalue weighted by Crippen LogP contribution is 2.17. The van der Waals surface area contributed by atoms with E-state index < -0.39 is 0 Å². The Bertz CT molecular complexity index is 223. The fourth-order valence-electron chi connectivity index (χ4n) is 1.37. The van der Waals surface area contributed by atoms with E-state index in [0.29, 0.717) is 18.1 Å². The van der Waals surface area contributed by atoms with Gasteiger partial charge in [-0.1, -0.05) is 32.1 Å². The lowest BCUT2D eigenvalue weighted by Gasteiger charge is -1.99. The lowest BCUT2D eigenvalue weighted by Crippen LogP contribution is -1.99. The van der Waals surface area contributed by atoms with Crippen molar-refractivity contribution in [2.24, 2.45) is 5.92 Å². The Hall–Kier alpha value is -0.850. The number of ketones is 1. The molecule has 1 nitrogen and oxygen atoms in total. The molecule has 0 aliphatic heterocycles. The van der Waals surface area contributed by atoms with Crippen LogP contribution in [0.4, 0.5) is 0 Å². The number of carbonyl (C=O) groups is 1. The average molecular weight is 164 g/mol. The summed E-state index contributed by atoms with van der Waals surface area (Å²) in [5.74, 6) is 0.890. The number of carbonyl (C=O) groups excluding carboxylic acids is 1. The highest BCUT2D eigenvalue weighted by Gasteiger charge is 2.08. The van der Waals surface area contributed by atoms with Crippen LogP contribution in [0.5, 0.6) is 0 Å². The molecular formula is C11H16O. The molecule has 0 aromatic rings. The summed E-state index contributed by atoms with van der Waals surface area (Å²) in [6.45, 7) is 4.09. The van der Waals surface area contributed by atoms with Crippen molar-refractivity contribution >= 4 is 5.78 Å². The van der Waals surface area contributed by atoms with E-state index in [4.69, 9.17) is 0 Å². The average Bonchev–Trinajstić information content (AvgIpc) is 2.29. The second-order valence-electron chi connectivity index (χ2n) is 3.35. The van der Waals surface area contributed by atoms with Crippen LogP contribution in [0.2, 0.25) is 0 Å². The van der Waals surface area contributed by atoms with E-state index in [1.807, 2.05) is 6.92 Å². The Kier molecular flexibility index (Phi) is 3.27. The molecular weight excluding hydrogens is 148 g/mol. The number of allylic oxidation sites excluding steroid dienone is 4. The van der Waals surface area contributed by atoms with E-state index >= 15 is 0 Å². The fraction of sp³-hybridized carbons (Fsp3) is 0.545. The van der Waals surface area contributed by atoms with Gasteiger partial charge in [0, 0.05) is 6.42 Å². The van der Waals surface area contributed by atoms with Crippen LogP contribution in [0.15, 0.2) is 23.8 Å². The van der Waals surface area contributed by atoms with Crippen molar-refractivity contribution in [3.05, 3.63) is 23.8 Å². The van der Waals surface area contributed by atoms with Gasteiger partial charge < -0.3 is 0 Å². The van der Waals surface area contributed by atoms with Gasteiger partial charge in [-0.2, -0.15) is 0 Å². The van der Waals surface area contributed by atoms with Crippen molar-refractivity contribution in [2.75, 3.05) is 0 Å². The zero-order valence-corrected chi connectivity index (χ0v) is 7.84. The molecule has 0 radical (unpaired) electrons. The van der Waals surface area contributed by atoms with Gasteiger partial charge in [0.1, 0.15) is 0 Å². The number of rotatable bonds is 2. The minimum Gasteiger partial charge on any atom is -0.295 e. The molecule has 1 aliphatic carbocycles. The van der Waals surface area contributed by atoms with Crippen molar-refractivity contribution in [2.45, 2.75) is 33.1 Å². The highest BCUT2D eigenvalue weighted by atomic mass is 16.1. The van der Waals surface area contributed by atoms with Gasteiger partial charge in [-0.3, -0.25) is 4.79 Å². The smallest absolute Gasteiger partial charge is 0.158 e. The minimum absolute atomic E-state index is 0.300. The maximum atomic E-state index is 11.3. The molecule has 1 aliphatic rings. The Morgan fingerprint density at radius 1 is 1.67 bits per heavy atom. The summed E-state index contributed by atoms with van der Waals surface area (Å²) in [5, 5.41) is 0. The predicted molar refractivity (Wildman–Crippen MR) is 50.9 cm³/mol. The SMILES string of the molecule is CCC(=O)C1=CCC(C)C=CC1. The van der Waals surface area contributed by atoms with Gasteiger partial charge in [-0.05, 0) is 24.3 Å². The molecule has 0 saturated carbocycles. The van der Waals surface area contributed by atoms with E-state index in [1.54, 1.807) is 0 Å². The van der Waals surface area contributed by atoms with Gasteiger partial charge in [-0.15, -0.1) is 0 Å². The van der Waals surface area contributed by atoms with Crippen LogP contribution in [0.25, 0.3) is 0 Å². The molecule has 0 amide bonds. The molecule has 0 N–H and O–H groups in total. The molecule has 1 heteroatoms. The quantitative estimate of drug-likeness (QED) is 0.573. The Morgan fingerprint density at radius 2 is 2.42 bits per heavy atom. The first-order valence-electron chi connectivity index (χ1n) is 4.63. The summed E-state index contributed by atoms with van der Waals surface area (Å²) < 4.78 is 0. The first-order valence-corrected chi connectivity index (χ1v) is 4.63. The zero-order valence-electron chi connectivity index (χ0n) is 7.84. The van der Waals surface area contributed by atoms with Crippen molar-refractivity contribution < 1.29 is 4.79 Å². The molecule has 1 unspecified atom stereocenters. The molecule has 0 fully saturated rings. The summed E-state index contributed by atoms with van der Waals surface area (Å²) in [6.07, 6.45) is 8.86. The van der Waals surface area contributed by atoms with Gasteiger partial charge in [0.05, 0.1) is 0 Å². The fourth-order valence-corrected chi connectivity index (χ4v) is 1.37. The molecule has 0 spiro atoms. The molecule has 66 valence electrons. The lowest BCUT2D eigenvalue weighted by molar-refractivity contribution is -0.115. The third kappa shape index (κ3) is 2.33. The maximum Gasteiger partial charge on any atom is 0.158 e.